The standard InChI is InChI=1S/C21H25N3O/c1-21(2,3)16-9-5-7-11-19(16)24-20(25)17(22)12-14-13-23-18-10-6-4-8-15(14)18/h4-11,13,17,23H,12,22H2,1-3H3,(H,24,25)/t17-/m0/s1. The molecule has 0 fully saturated rings. The molecule has 1 aromatic heterocycles. The molecule has 3 rings (SSSR count). The van der Waals surface area contributed by atoms with Gasteiger partial charge >= 0.3 is 0 Å². The molecular weight excluding hydrogens is 310 g/mol. The normalized spacial score (nSPS) is 13.0. The molecule has 0 spiro atoms. The van der Waals surface area contributed by atoms with Crippen molar-refractivity contribution in [1.29, 1.82) is 0 Å². The van der Waals surface area contributed by atoms with Gasteiger partial charge < -0.3 is 16.0 Å². The predicted octanol–water partition coefficient (Wildman–Crippen LogP) is 3.97. The van der Waals surface area contributed by atoms with Crippen molar-refractivity contribution in [3.05, 3.63) is 65.9 Å². The van der Waals surface area contributed by atoms with E-state index in [4.69, 9.17) is 5.73 Å². The van der Waals surface area contributed by atoms with Crippen molar-refractivity contribution in [3.8, 4) is 0 Å². The summed E-state index contributed by atoms with van der Waals surface area (Å²) in [6.07, 6.45) is 2.43. The van der Waals surface area contributed by atoms with Crippen molar-refractivity contribution in [2.75, 3.05) is 5.32 Å². The van der Waals surface area contributed by atoms with E-state index < -0.39 is 6.04 Å². The Kier molecular flexibility index (Phi) is 4.64. The lowest BCUT2D eigenvalue weighted by Crippen LogP contribution is -2.37. The fraction of sp³-hybridized carbons (Fsp3) is 0.286. The Morgan fingerprint density at radius 2 is 1.80 bits per heavy atom. The molecule has 1 heterocycles. The molecule has 2 aromatic carbocycles. The average Bonchev–Trinajstić information content (AvgIpc) is 2.97. The number of para-hydroxylation sites is 2. The molecule has 0 aliphatic heterocycles. The summed E-state index contributed by atoms with van der Waals surface area (Å²) >= 11 is 0. The topological polar surface area (TPSA) is 70.9 Å². The highest BCUT2D eigenvalue weighted by atomic mass is 16.2. The van der Waals surface area contributed by atoms with Gasteiger partial charge in [0.25, 0.3) is 0 Å². The summed E-state index contributed by atoms with van der Waals surface area (Å²) in [5.74, 6) is -0.165. The molecule has 0 unspecified atom stereocenters. The monoisotopic (exact) mass is 335 g/mol. The van der Waals surface area contributed by atoms with Crippen molar-refractivity contribution < 1.29 is 4.79 Å². The molecule has 130 valence electrons. The highest BCUT2D eigenvalue weighted by molar-refractivity contribution is 5.96. The minimum absolute atomic E-state index is 0.0508. The van der Waals surface area contributed by atoms with Crippen LogP contribution in [0.4, 0.5) is 5.69 Å². The van der Waals surface area contributed by atoms with Crippen LogP contribution in [0.25, 0.3) is 10.9 Å². The largest absolute Gasteiger partial charge is 0.361 e. The van der Waals surface area contributed by atoms with Gasteiger partial charge in [-0.05, 0) is 35.1 Å². The number of H-pyrrole nitrogens is 1. The zero-order chi connectivity index (χ0) is 18.0. The van der Waals surface area contributed by atoms with E-state index in [1.807, 2.05) is 54.7 Å². The Hall–Kier alpha value is -2.59. The molecule has 1 amide bonds. The number of nitrogens with two attached hydrogens (primary N) is 1. The molecule has 25 heavy (non-hydrogen) atoms. The van der Waals surface area contributed by atoms with Crippen molar-refractivity contribution in [3.63, 3.8) is 0 Å². The number of carbonyl (C=O) groups is 1. The van der Waals surface area contributed by atoms with Gasteiger partial charge in [-0.2, -0.15) is 0 Å². The third-order valence-electron chi connectivity index (χ3n) is 4.44. The van der Waals surface area contributed by atoms with E-state index in [9.17, 15) is 4.79 Å². The number of aromatic amines is 1. The fourth-order valence-electron chi connectivity index (χ4n) is 3.10. The zero-order valence-corrected chi connectivity index (χ0v) is 15.0. The highest BCUT2D eigenvalue weighted by Gasteiger charge is 2.21. The second-order valence-electron chi connectivity index (χ2n) is 7.45. The number of nitrogens with one attached hydrogen (secondary N) is 2. The van der Waals surface area contributed by atoms with Crippen molar-refractivity contribution in [2.24, 2.45) is 5.73 Å². The van der Waals surface area contributed by atoms with Gasteiger partial charge in [-0.3, -0.25) is 4.79 Å². The Morgan fingerprint density at radius 1 is 1.12 bits per heavy atom. The van der Waals surface area contributed by atoms with E-state index in [-0.39, 0.29) is 11.3 Å². The van der Waals surface area contributed by atoms with E-state index in [0.29, 0.717) is 6.42 Å². The first-order valence-corrected chi connectivity index (χ1v) is 8.57. The first-order chi connectivity index (χ1) is 11.9. The van der Waals surface area contributed by atoms with E-state index in [1.165, 1.54) is 0 Å². The van der Waals surface area contributed by atoms with Gasteiger partial charge in [0.15, 0.2) is 0 Å². The molecule has 0 aliphatic rings. The summed E-state index contributed by atoms with van der Waals surface area (Å²) < 4.78 is 0. The van der Waals surface area contributed by atoms with Gasteiger partial charge in [0.2, 0.25) is 5.91 Å². The van der Waals surface area contributed by atoms with Gasteiger partial charge in [-0.25, -0.2) is 0 Å². The van der Waals surface area contributed by atoms with E-state index in [1.54, 1.807) is 0 Å². The molecule has 1 atom stereocenters. The number of rotatable bonds is 4. The maximum absolute atomic E-state index is 12.6. The molecule has 0 bridgehead atoms. The van der Waals surface area contributed by atoms with Gasteiger partial charge in [-0.15, -0.1) is 0 Å². The lowest BCUT2D eigenvalue weighted by atomic mass is 9.86. The molecular formula is C21H25N3O. The first-order valence-electron chi connectivity index (χ1n) is 8.57. The van der Waals surface area contributed by atoms with Crippen LogP contribution in [0.5, 0.6) is 0 Å². The van der Waals surface area contributed by atoms with Crippen LogP contribution in [-0.2, 0) is 16.6 Å². The van der Waals surface area contributed by atoms with Crippen LogP contribution in [0, 0.1) is 0 Å². The minimum Gasteiger partial charge on any atom is -0.361 e. The first kappa shape index (κ1) is 17.2. The number of hydrogen-bond donors (Lipinski definition) is 3. The van der Waals surface area contributed by atoms with Gasteiger partial charge in [0, 0.05) is 22.8 Å². The van der Waals surface area contributed by atoms with Crippen molar-refractivity contribution in [2.45, 2.75) is 38.6 Å². The van der Waals surface area contributed by atoms with Crippen molar-refractivity contribution in [1.82, 2.24) is 4.98 Å². The Balaban J connectivity index is 1.76. The van der Waals surface area contributed by atoms with Crippen LogP contribution in [0.3, 0.4) is 0 Å². The zero-order valence-electron chi connectivity index (χ0n) is 15.0. The fourth-order valence-corrected chi connectivity index (χ4v) is 3.10. The number of carbonyl (C=O) groups excluding carboxylic acids is 1. The average molecular weight is 335 g/mol. The maximum Gasteiger partial charge on any atom is 0.241 e. The van der Waals surface area contributed by atoms with Crippen LogP contribution in [0.15, 0.2) is 54.7 Å². The number of amides is 1. The molecule has 4 N–H and O–H groups in total. The van der Waals surface area contributed by atoms with Crippen LogP contribution < -0.4 is 11.1 Å². The predicted molar refractivity (Wildman–Crippen MR) is 104 cm³/mol. The lowest BCUT2D eigenvalue weighted by Gasteiger charge is -2.23. The summed E-state index contributed by atoms with van der Waals surface area (Å²) in [5.41, 5.74) is 10.2. The summed E-state index contributed by atoms with van der Waals surface area (Å²) in [6, 6.07) is 15.3. The Bertz CT molecular complexity index is 889. The summed E-state index contributed by atoms with van der Waals surface area (Å²) in [7, 11) is 0. The van der Waals surface area contributed by atoms with Crippen molar-refractivity contribution >= 4 is 22.5 Å². The molecule has 4 nitrogen and oxygen atoms in total. The van der Waals surface area contributed by atoms with E-state index >= 15 is 0 Å². The lowest BCUT2D eigenvalue weighted by molar-refractivity contribution is -0.117. The summed E-state index contributed by atoms with van der Waals surface area (Å²) in [4.78, 5) is 15.8. The van der Waals surface area contributed by atoms with Crippen LogP contribution >= 0.6 is 0 Å². The number of hydrogen-bond acceptors (Lipinski definition) is 2. The number of fused-ring (bicyclic) bond motifs is 1. The smallest absolute Gasteiger partial charge is 0.241 e. The maximum atomic E-state index is 12.6. The third-order valence-corrected chi connectivity index (χ3v) is 4.44. The second kappa shape index (κ2) is 6.73. The third kappa shape index (κ3) is 3.74. The minimum atomic E-state index is -0.604. The van der Waals surface area contributed by atoms with Gasteiger partial charge in [0.1, 0.15) is 0 Å². The van der Waals surface area contributed by atoms with Gasteiger partial charge in [0.05, 0.1) is 6.04 Å². The van der Waals surface area contributed by atoms with E-state index in [0.717, 1.165) is 27.7 Å². The number of anilines is 1. The molecule has 0 saturated heterocycles. The molecule has 3 aromatic rings. The number of aromatic nitrogens is 1. The van der Waals surface area contributed by atoms with Crippen LogP contribution in [0.2, 0.25) is 0 Å². The second-order valence-corrected chi connectivity index (χ2v) is 7.45. The number of benzene rings is 2. The summed E-state index contributed by atoms with van der Waals surface area (Å²) in [5, 5.41) is 4.12. The van der Waals surface area contributed by atoms with Gasteiger partial charge in [-0.1, -0.05) is 57.2 Å². The van der Waals surface area contributed by atoms with Crippen LogP contribution in [0.1, 0.15) is 31.9 Å². The molecule has 0 radical (unpaired) electrons. The Labute approximate surface area is 148 Å². The molecule has 4 heteroatoms. The quantitative estimate of drug-likeness (QED) is 0.675. The highest BCUT2D eigenvalue weighted by Crippen LogP contribution is 2.29. The molecule has 0 aliphatic carbocycles. The van der Waals surface area contributed by atoms with Crippen LogP contribution in [-0.4, -0.2) is 16.9 Å². The summed E-state index contributed by atoms with van der Waals surface area (Å²) in [6.45, 7) is 6.39. The molecule has 0 saturated carbocycles. The Morgan fingerprint density at radius 3 is 2.56 bits per heavy atom. The SMILES string of the molecule is CC(C)(C)c1ccccc1NC(=O)[C@@H](N)Cc1c[nH]c2ccccc12. The van der Waals surface area contributed by atoms with E-state index in [2.05, 4.69) is 31.1 Å².